The first-order valence-corrected chi connectivity index (χ1v) is 10.7. The number of carbonyl (C=O) groups excluding carboxylic acids is 1. The van der Waals surface area contributed by atoms with Crippen molar-refractivity contribution in [3.8, 4) is 0 Å². The summed E-state index contributed by atoms with van der Waals surface area (Å²) in [6.07, 6.45) is 6.16. The van der Waals surface area contributed by atoms with E-state index in [0.29, 0.717) is 13.1 Å². The molecule has 1 aliphatic rings. The van der Waals surface area contributed by atoms with Gasteiger partial charge in [-0.2, -0.15) is 5.10 Å². The van der Waals surface area contributed by atoms with Gasteiger partial charge in [-0.25, -0.2) is 9.78 Å². The summed E-state index contributed by atoms with van der Waals surface area (Å²) in [6, 6.07) is 10.2. The smallest absolute Gasteiger partial charge is 0.410 e. The maximum Gasteiger partial charge on any atom is 0.410 e. The molecule has 1 aliphatic heterocycles. The van der Waals surface area contributed by atoms with Gasteiger partial charge < -0.3 is 19.9 Å². The molecule has 1 aromatic carbocycles. The highest BCUT2D eigenvalue weighted by Gasteiger charge is 2.24. The Kier molecular flexibility index (Phi) is 4.84. The second kappa shape index (κ2) is 7.71. The summed E-state index contributed by atoms with van der Waals surface area (Å²) in [6.45, 7) is 6.80. The fraction of sp³-hybridized carbons (Fsp3) is 0.292. The molecule has 0 fully saturated rings. The van der Waals surface area contributed by atoms with Gasteiger partial charge >= 0.3 is 6.09 Å². The number of H-pyrrole nitrogens is 2. The molecule has 3 aromatic heterocycles. The van der Waals surface area contributed by atoms with Gasteiger partial charge in [-0.05, 0) is 63.1 Å². The van der Waals surface area contributed by atoms with E-state index >= 15 is 0 Å². The predicted octanol–water partition coefficient (Wildman–Crippen LogP) is 5.21. The summed E-state index contributed by atoms with van der Waals surface area (Å²) >= 11 is 0. The number of benzene rings is 1. The fourth-order valence-electron chi connectivity index (χ4n) is 3.89. The van der Waals surface area contributed by atoms with Gasteiger partial charge in [0.2, 0.25) is 0 Å². The molecule has 0 aliphatic carbocycles. The Morgan fingerprint density at radius 3 is 2.88 bits per heavy atom. The number of ether oxygens (including phenoxy) is 1. The third-order valence-electron chi connectivity index (χ3n) is 5.46. The van der Waals surface area contributed by atoms with E-state index in [-0.39, 0.29) is 6.09 Å². The molecule has 5 rings (SSSR count). The molecular weight excluding hydrogens is 404 g/mol. The number of nitrogens with zero attached hydrogens (tertiary/aromatic N) is 3. The average molecular weight is 431 g/mol. The molecule has 8 nitrogen and oxygen atoms in total. The maximum atomic E-state index is 12.3. The molecule has 0 unspecified atom stereocenters. The van der Waals surface area contributed by atoms with Crippen molar-refractivity contribution in [2.75, 3.05) is 18.4 Å². The highest BCUT2D eigenvalue weighted by molar-refractivity contribution is 5.95. The van der Waals surface area contributed by atoms with Crippen LogP contribution < -0.4 is 5.32 Å². The van der Waals surface area contributed by atoms with Gasteiger partial charge in [-0.1, -0.05) is 6.08 Å². The third-order valence-corrected chi connectivity index (χ3v) is 5.46. The number of hydrogen-bond acceptors (Lipinski definition) is 5. The summed E-state index contributed by atoms with van der Waals surface area (Å²) in [5.74, 6) is 0. The number of pyridine rings is 1. The van der Waals surface area contributed by atoms with Crippen molar-refractivity contribution >= 4 is 45.0 Å². The molecule has 32 heavy (non-hydrogen) atoms. The fourth-order valence-corrected chi connectivity index (χ4v) is 3.89. The van der Waals surface area contributed by atoms with Crippen LogP contribution >= 0.6 is 0 Å². The Bertz CT molecular complexity index is 1330. The molecule has 0 radical (unpaired) electrons. The zero-order valence-corrected chi connectivity index (χ0v) is 18.4. The van der Waals surface area contributed by atoms with Gasteiger partial charge in [0.1, 0.15) is 11.2 Å². The van der Waals surface area contributed by atoms with Crippen molar-refractivity contribution in [3.63, 3.8) is 0 Å². The number of anilines is 2. The quantitative estimate of drug-likeness (QED) is 0.415. The van der Waals surface area contributed by atoms with E-state index in [1.54, 1.807) is 11.1 Å². The molecular formula is C24H26N6O2. The topological polar surface area (TPSA) is 98.9 Å². The molecule has 0 atom stereocenters. The second-order valence-corrected chi connectivity index (χ2v) is 9.01. The number of rotatable bonds is 3. The van der Waals surface area contributed by atoms with Crippen molar-refractivity contribution in [2.24, 2.45) is 0 Å². The molecule has 3 N–H and O–H groups in total. The van der Waals surface area contributed by atoms with Crippen LogP contribution in [-0.2, 0) is 4.74 Å². The zero-order valence-electron chi connectivity index (χ0n) is 18.4. The normalized spacial score (nSPS) is 14.6. The summed E-state index contributed by atoms with van der Waals surface area (Å²) < 4.78 is 5.49. The van der Waals surface area contributed by atoms with Gasteiger partial charge in [0.25, 0.3) is 0 Å². The lowest BCUT2D eigenvalue weighted by Crippen LogP contribution is -2.39. The number of hydrogen-bond donors (Lipinski definition) is 3. The SMILES string of the molecule is CC(C)(C)OC(=O)N1CC=C(c2cc3c(Nc4ccc5cn[nH]c5c4)ccnc3[nH]2)CC1. The lowest BCUT2D eigenvalue weighted by atomic mass is 10.0. The number of carbonyl (C=O) groups is 1. The Morgan fingerprint density at radius 1 is 1.22 bits per heavy atom. The van der Waals surface area contributed by atoms with Crippen molar-refractivity contribution < 1.29 is 9.53 Å². The van der Waals surface area contributed by atoms with Crippen molar-refractivity contribution in [3.05, 3.63) is 54.5 Å². The second-order valence-electron chi connectivity index (χ2n) is 9.01. The molecule has 4 aromatic rings. The van der Waals surface area contributed by atoms with E-state index in [2.05, 4.69) is 37.6 Å². The minimum absolute atomic E-state index is 0.271. The molecule has 1 amide bonds. The summed E-state index contributed by atoms with van der Waals surface area (Å²) in [5.41, 5.74) is 5.46. The Hall–Kier alpha value is -3.81. The number of fused-ring (bicyclic) bond motifs is 2. The van der Waals surface area contributed by atoms with Crippen LogP contribution in [0.5, 0.6) is 0 Å². The van der Waals surface area contributed by atoms with Gasteiger partial charge in [-0.15, -0.1) is 0 Å². The van der Waals surface area contributed by atoms with Crippen LogP contribution in [0.3, 0.4) is 0 Å². The largest absolute Gasteiger partial charge is 0.444 e. The summed E-state index contributed by atoms with van der Waals surface area (Å²) in [7, 11) is 0. The van der Waals surface area contributed by atoms with Crippen molar-refractivity contribution in [1.82, 2.24) is 25.1 Å². The van der Waals surface area contributed by atoms with E-state index in [4.69, 9.17) is 4.74 Å². The van der Waals surface area contributed by atoms with E-state index < -0.39 is 5.60 Å². The Balaban J connectivity index is 1.37. The minimum Gasteiger partial charge on any atom is -0.444 e. The number of nitrogens with one attached hydrogen (secondary N) is 3. The molecule has 0 spiro atoms. The average Bonchev–Trinajstić information content (AvgIpc) is 3.40. The molecule has 0 saturated heterocycles. The van der Waals surface area contributed by atoms with Crippen LogP contribution in [-0.4, -0.2) is 49.8 Å². The molecule has 4 heterocycles. The Labute approximate surface area is 185 Å². The highest BCUT2D eigenvalue weighted by atomic mass is 16.6. The van der Waals surface area contributed by atoms with Crippen LogP contribution in [0.1, 0.15) is 32.9 Å². The van der Waals surface area contributed by atoms with Gasteiger partial charge in [-0.3, -0.25) is 5.10 Å². The van der Waals surface area contributed by atoms with Gasteiger partial charge in [0.15, 0.2) is 0 Å². The van der Waals surface area contributed by atoms with Crippen LogP contribution in [0.25, 0.3) is 27.5 Å². The zero-order chi connectivity index (χ0) is 22.3. The van der Waals surface area contributed by atoms with Gasteiger partial charge in [0, 0.05) is 41.4 Å². The minimum atomic E-state index is -0.491. The first-order valence-electron chi connectivity index (χ1n) is 10.7. The van der Waals surface area contributed by atoms with Crippen LogP contribution in [0.15, 0.2) is 48.8 Å². The lowest BCUT2D eigenvalue weighted by Gasteiger charge is -2.29. The van der Waals surface area contributed by atoms with Crippen LogP contribution in [0.4, 0.5) is 16.2 Å². The molecule has 164 valence electrons. The van der Waals surface area contributed by atoms with Crippen LogP contribution in [0, 0.1) is 0 Å². The monoisotopic (exact) mass is 430 g/mol. The molecule has 8 heteroatoms. The molecule has 0 bridgehead atoms. The number of aromatic nitrogens is 4. The van der Waals surface area contributed by atoms with E-state index in [0.717, 1.165) is 45.4 Å². The number of amides is 1. The van der Waals surface area contributed by atoms with Crippen molar-refractivity contribution in [1.29, 1.82) is 0 Å². The first-order chi connectivity index (χ1) is 15.4. The standard InChI is InChI=1S/C24H26N6O2/c1-24(2,3)32-23(31)30-10-7-15(8-11-30)20-13-18-19(6-9-25-22(18)28-20)27-17-5-4-16-14-26-29-21(16)12-17/h4-7,9,12-14H,8,10-11H2,1-3H3,(H,26,29)(H2,25,27,28). The van der Waals surface area contributed by atoms with E-state index in [1.807, 2.05) is 51.2 Å². The lowest BCUT2D eigenvalue weighted by molar-refractivity contribution is 0.0270. The van der Waals surface area contributed by atoms with Crippen LogP contribution in [0.2, 0.25) is 0 Å². The predicted molar refractivity (Wildman–Crippen MR) is 126 cm³/mol. The first kappa shape index (κ1) is 20.1. The number of aromatic amines is 2. The third kappa shape index (κ3) is 4.03. The van der Waals surface area contributed by atoms with Gasteiger partial charge in [0.05, 0.1) is 17.4 Å². The van der Waals surface area contributed by atoms with E-state index in [1.165, 1.54) is 5.57 Å². The molecule has 0 saturated carbocycles. The summed E-state index contributed by atoms with van der Waals surface area (Å²) in [4.78, 5) is 22.0. The van der Waals surface area contributed by atoms with Crippen molar-refractivity contribution in [2.45, 2.75) is 32.8 Å². The maximum absolute atomic E-state index is 12.3. The summed E-state index contributed by atoms with van der Waals surface area (Å²) in [5, 5.41) is 12.7. The van der Waals surface area contributed by atoms with E-state index in [9.17, 15) is 4.79 Å². The Morgan fingerprint density at radius 2 is 2.09 bits per heavy atom. The highest BCUT2D eigenvalue weighted by Crippen LogP contribution is 2.31.